The summed E-state index contributed by atoms with van der Waals surface area (Å²) in [4.78, 5) is 0. The molecule has 0 saturated heterocycles. The average Bonchev–Trinajstić information content (AvgIpc) is 2.14. The molecule has 1 aromatic rings. The molecule has 0 bridgehead atoms. The maximum absolute atomic E-state index is 12.1. The number of hydrogen-bond acceptors (Lipinski definition) is 1. The lowest BCUT2D eigenvalue weighted by Gasteiger charge is -2.04. The fourth-order valence-corrected chi connectivity index (χ4v) is 1.36. The van der Waals surface area contributed by atoms with Crippen molar-refractivity contribution in [2.45, 2.75) is 19.3 Å². The van der Waals surface area contributed by atoms with E-state index < -0.39 is 6.43 Å². The normalized spacial score (nSPS) is 10.9. The molecule has 0 aliphatic rings. The van der Waals surface area contributed by atoms with Gasteiger partial charge in [-0.3, -0.25) is 0 Å². The molecule has 0 radical (unpaired) electrons. The van der Waals surface area contributed by atoms with Crippen LogP contribution >= 0.6 is 0 Å². The summed E-state index contributed by atoms with van der Waals surface area (Å²) >= 11 is 0. The molecular formula is C11H15F2N. The van der Waals surface area contributed by atoms with Crippen LogP contribution in [0.4, 0.5) is 8.78 Å². The highest BCUT2D eigenvalue weighted by molar-refractivity contribution is 5.24. The molecule has 0 spiro atoms. The van der Waals surface area contributed by atoms with Crippen molar-refractivity contribution >= 4 is 0 Å². The fraction of sp³-hybridized carbons (Fsp3) is 0.455. The Morgan fingerprint density at radius 2 is 2.00 bits per heavy atom. The Balaban J connectivity index is 2.59. The molecule has 1 aromatic carbocycles. The van der Waals surface area contributed by atoms with E-state index in [1.54, 1.807) is 6.07 Å². The van der Waals surface area contributed by atoms with Crippen molar-refractivity contribution in [3.05, 3.63) is 35.4 Å². The number of likely N-dealkylation sites (N-methyl/N-ethyl adjacent to an activating group) is 1. The van der Waals surface area contributed by atoms with Gasteiger partial charge in [-0.25, -0.2) is 8.78 Å². The molecule has 0 heterocycles. The lowest BCUT2D eigenvalue weighted by atomic mass is 10.1. The molecule has 3 heteroatoms. The fourth-order valence-electron chi connectivity index (χ4n) is 1.36. The summed E-state index contributed by atoms with van der Waals surface area (Å²) in [5, 5.41) is 3.03. The molecule has 14 heavy (non-hydrogen) atoms. The van der Waals surface area contributed by atoms with Crippen LogP contribution in [0, 0.1) is 0 Å². The van der Waals surface area contributed by atoms with Gasteiger partial charge in [-0.2, -0.15) is 0 Å². The average molecular weight is 199 g/mol. The summed E-state index contributed by atoms with van der Waals surface area (Å²) in [6.07, 6.45) is -1.52. The van der Waals surface area contributed by atoms with Gasteiger partial charge in [-0.05, 0) is 31.1 Å². The van der Waals surface area contributed by atoms with Gasteiger partial charge in [-0.1, -0.05) is 24.3 Å². The van der Waals surface area contributed by atoms with Gasteiger partial charge in [0.05, 0.1) is 0 Å². The van der Waals surface area contributed by atoms with Crippen molar-refractivity contribution in [2.24, 2.45) is 0 Å². The van der Waals surface area contributed by atoms with Crippen LogP contribution < -0.4 is 5.32 Å². The van der Waals surface area contributed by atoms with Gasteiger partial charge in [0.2, 0.25) is 6.43 Å². The summed E-state index contributed by atoms with van der Waals surface area (Å²) in [6, 6.07) is 7.40. The summed E-state index contributed by atoms with van der Waals surface area (Å²) in [6.45, 7) is 0.873. The first-order chi connectivity index (χ1) is 6.72. The van der Waals surface area contributed by atoms with E-state index in [9.17, 15) is 8.78 Å². The molecule has 0 unspecified atom stereocenters. The maximum atomic E-state index is 12.1. The number of benzene rings is 1. The van der Waals surface area contributed by atoms with Crippen LogP contribution in [-0.4, -0.2) is 20.0 Å². The first-order valence-electron chi connectivity index (χ1n) is 4.73. The highest BCUT2D eigenvalue weighted by Gasteiger charge is 2.04. The monoisotopic (exact) mass is 199 g/mol. The molecule has 0 aliphatic heterocycles. The Morgan fingerprint density at radius 3 is 2.64 bits per heavy atom. The Kier molecular flexibility index (Phi) is 4.53. The zero-order valence-electron chi connectivity index (χ0n) is 8.26. The smallest absolute Gasteiger partial charge is 0.242 e. The first-order valence-corrected chi connectivity index (χ1v) is 4.73. The molecule has 1 nitrogen and oxygen atoms in total. The van der Waals surface area contributed by atoms with Crippen molar-refractivity contribution in [3.8, 4) is 0 Å². The third kappa shape index (κ3) is 3.83. The van der Waals surface area contributed by atoms with E-state index in [1.807, 2.05) is 25.2 Å². The molecular weight excluding hydrogens is 184 g/mol. The van der Waals surface area contributed by atoms with Gasteiger partial charge in [0.15, 0.2) is 0 Å². The molecule has 78 valence electrons. The van der Waals surface area contributed by atoms with E-state index in [4.69, 9.17) is 0 Å². The molecule has 0 saturated carbocycles. The minimum absolute atomic E-state index is 0.145. The van der Waals surface area contributed by atoms with Gasteiger partial charge >= 0.3 is 0 Å². The number of hydrogen-bond donors (Lipinski definition) is 1. The van der Waals surface area contributed by atoms with E-state index in [-0.39, 0.29) is 6.42 Å². The lowest BCUT2D eigenvalue weighted by molar-refractivity contribution is 0.149. The molecule has 1 rings (SSSR count). The van der Waals surface area contributed by atoms with Gasteiger partial charge in [-0.15, -0.1) is 0 Å². The van der Waals surface area contributed by atoms with Crippen LogP contribution in [-0.2, 0) is 12.8 Å². The van der Waals surface area contributed by atoms with E-state index >= 15 is 0 Å². The Labute approximate surface area is 83.1 Å². The van der Waals surface area contributed by atoms with Gasteiger partial charge in [0.25, 0.3) is 0 Å². The molecule has 1 N–H and O–H groups in total. The van der Waals surface area contributed by atoms with Gasteiger partial charge < -0.3 is 5.32 Å². The SMILES string of the molecule is CNCCc1cccc(CC(F)F)c1. The summed E-state index contributed by atoms with van der Waals surface area (Å²) in [5.41, 5.74) is 1.83. The standard InChI is InChI=1S/C11H15F2N/c1-14-6-5-9-3-2-4-10(7-9)8-11(12)13/h2-4,7,11,14H,5-6,8H2,1H3. The van der Waals surface area contributed by atoms with Crippen LogP contribution in [0.5, 0.6) is 0 Å². The number of rotatable bonds is 5. The van der Waals surface area contributed by atoms with E-state index in [0.29, 0.717) is 5.56 Å². The second-order valence-corrected chi connectivity index (χ2v) is 3.27. The quantitative estimate of drug-likeness (QED) is 0.767. The predicted molar refractivity (Wildman–Crippen MR) is 53.8 cm³/mol. The Hall–Kier alpha value is -0.960. The summed E-state index contributed by atoms with van der Waals surface area (Å²) < 4.78 is 24.2. The highest BCUT2D eigenvalue weighted by atomic mass is 19.3. The zero-order valence-corrected chi connectivity index (χ0v) is 8.26. The maximum Gasteiger partial charge on any atom is 0.242 e. The molecule has 0 fully saturated rings. The van der Waals surface area contributed by atoms with Gasteiger partial charge in [0.1, 0.15) is 0 Å². The van der Waals surface area contributed by atoms with Crippen LogP contribution in [0.15, 0.2) is 24.3 Å². The molecule has 0 aliphatic carbocycles. The van der Waals surface area contributed by atoms with Crippen molar-refractivity contribution in [1.82, 2.24) is 5.32 Å². The second kappa shape index (κ2) is 5.70. The van der Waals surface area contributed by atoms with Crippen molar-refractivity contribution in [3.63, 3.8) is 0 Å². The van der Waals surface area contributed by atoms with E-state index in [0.717, 1.165) is 18.5 Å². The Morgan fingerprint density at radius 1 is 1.29 bits per heavy atom. The zero-order chi connectivity index (χ0) is 10.4. The Bertz CT molecular complexity index is 274. The molecule has 0 aromatic heterocycles. The molecule has 0 amide bonds. The highest BCUT2D eigenvalue weighted by Crippen LogP contribution is 2.10. The largest absolute Gasteiger partial charge is 0.319 e. The topological polar surface area (TPSA) is 12.0 Å². The van der Waals surface area contributed by atoms with Crippen molar-refractivity contribution in [1.29, 1.82) is 0 Å². The minimum Gasteiger partial charge on any atom is -0.319 e. The summed E-state index contributed by atoms with van der Waals surface area (Å²) in [7, 11) is 1.88. The van der Waals surface area contributed by atoms with E-state index in [2.05, 4.69) is 5.32 Å². The van der Waals surface area contributed by atoms with Crippen molar-refractivity contribution in [2.75, 3.05) is 13.6 Å². The minimum atomic E-state index is -2.26. The number of alkyl halides is 2. The molecule has 0 atom stereocenters. The van der Waals surface area contributed by atoms with Crippen LogP contribution in [0.3, 0.4) is 0 Å². The van der Waals surface area contributed by atoms with Crippen LogP contribution in [0.25, 0.3) is 0 Å². The van der Waals surface area contributed by atoms with Gasteiger partial charge in [0, 0.05) is 6.42 Å². The third-order valence-electron chi connectivity index (χ3n) is 2.05. The predicted octanol–water partition coefficient (Wildman–Crippen LogP) is 2.26. The van der Waals surface area contributed by atoms with Crippen molar-refractivity contribution < 1.29 is 8.78 Å². The lowest BCUT2D eigenvalue weighted by Crippen LogP contribution is -2.10. The summed E-state index contributed by atoms with van der Waals surface area (Å²) in [5.74, 6) is 0. The van der Waals surface area contributed by atoms with Crippen LogP contribution in [0.2, 0.25) is 0 Å². The van der Waals surface area contributed by atoms with E-state index in [1.165, 1.54) is 0 Å². The third-order valence-corrected chi connectivity index (χ3v) is 2.05. The number of halogens is 2. The second-order valence-electron chi connectivity index (χ2n) is 3.27. The first kappa shape index (κ1) is 11.1. The van der Waals surface area contributed by atoms with Crippen LogP contribution in [0.1, 0.15) is 11.1 Å². The number of nitrogens with one attached hydrogen (secondary N) is 1.